The summed E-state index contributed by atoms with van der Waals surface area (Å²) in [5, 5.41) is 3.70. The molecule has 1 aromatic heterocycles. The molecule has 0 unspecified atom stereocenters. The number of carbonyl (C=O) groups excluding carboxylic acids is 2. The van der Waals surface area contributed by atoms with Gasteiger partial charge in [0.25, 0.3) is 5.91 Å². The Bertz CT molecular complexity index is 1350. The zero-order valence-corrected chi connectivity index (χ0v) is 19.2. The van der Waals surface area contributed by atoms with E-state index in [4.69, 9.17) is 0 Å². The molecule has 1 saturated heterocycles. The molecule has 1 aliphatic rings. The SMILES string of the molecule is CNC(=O)[C@@]1(Cc2ccccc2-c2ccccc2)CCN(C(=O)c2cccc3ncccc23)C1. The van der Waals surface area contributed by atoms with E-state index in [9.17, 15) is 9.59 Å². The molecule has 2 amide bonds. The van der Waals surface area contributed by atoms with Gasteiger partial charge in [-0.05, 0) is 47.7 Å². The lowest BCUT2D eigenvalue weighted by atomic mass is 9.78. The first-order valence-corrected chi connectivity index (χ1v) is 11.6. The molecule has 1 fully saturated rings. The number of pyridine rings is 1. The fourth-order valence-corrected chi connectivity index (χ4v) is 5.12. The Morgan fingerprint density at radius 1 is 0.941 bits per heavy atom. The second-order valence-electron chi connectivity index (χ2n) is 8.91. The molecule has 1 atom stereocenters. The summed E-state index contributed by atoms with van der Waals surface area (Å²) in [6, 6.07) is 27.8. The average Bonchev–Trinajstić information content (AvgIpc) is 3.33. The van der Waals surface area contributed by atoms with Gasteiger partial charge in [0.2, 0.25) is 5.91 Å². The van der Waals surface area contributed by atoms with E-state index in [0.29, 0.717) is 31.5 Å². The number of nitrogens with zero attached hydrogens (tertiary/aromatic N) is 2. The molecular weight excluding hydrogens is 422 g/mol. The Morgan fingerprint density at radius 3 is 2.56 bits per heavy atom. The van der Waals surface area contributed by atoms with Crippen molar-refractivity contribution in [3.05, 3.63) is 102 Å². The number of hydrogen-bond acceptors (Lipinski definition) is 3. The first-order chi connectivity index (χ1) is 16.6. The zero-order chi connectivity index (χ0) is 23.5. The van der Waals surface area contributed by atoms with Gasteiger partial charge in [-0.15, -0.1) is 0 Å². The van der Waals surface area contributed by atoms with Crippen LogP contribution in [0.4, 0.5) is 0 Å². The molecule has 5 nitrogen and oxygen atoms in total. The molecular formula is C29H27N3O2. The number of hydrogen-bond donors (Lipinski definition) is 1. The fraction of sp³-hybridized carbons (Fsp3) is 0.207. The van der Waals surface area contributed by atoms with Gasteiger partial charge in [0.05, 0.1) is 10.9 Å². The van der Waals surface area contributed by atoms with Crippen LogP contribution in [0.1, 0.15) is 22.3 Å². The summed E-state index contributed by atoms with van der Waals surface area (Å²) in [6.07, 6.45) is 2.91. The van der Waals surface area contributed by atoms with Gasteiger partial charge in [-0.3, -0.25) is 14.6 Å². The predicted molar refractivity (Wildman–Crippen MR) is 134 cm³/mol. The van der Waals surface area contributed by atoms with E-state index >= 15 is 0 Å². The summed E-state index contributed by atoms with van der Waals surface area (Å²) >= 11 is 0. The molecule has 1 aliphatic heterocycles. The van der Waals surface area contributed by atoms with Crippen LogP contribution in [0.15, 0.2) is 91.1 Å². The first kappa shape index (κ1) is 21.8. The molecule has 3 aromatic carbocycles. The highest BCUT2D eigenvalue weighted by Gasteiger charge is 2.46. The van der Waals surface area contributed by atoms with Gasteiger partial charge in [0, 0.05) is 37.3 Å². The Morgan fingerprint density at radius 2 is 1.74 bits per heavy atom. The molecule has 0 saturated carbocycles. The zero-order valence-electron chi connectivity index (χ0n) is 19.2. The molecule has 5 rings (SSSR count). The Labute approximate surface area is 199 Å². The molecule has 4 aromatic rings. The van der Waals surface area contributed by atoms with Gasteiger partial charge in [-0.2, -0.15) is 0 Å². The maximum Gasteiger partial charge on any atom is 0.254 e. The standard InChI is InChI=1S/C29H27N3O2/c1-30-28(34)29(19-22-11-5-6-12-23(22)21-9-3-2-4-10-21)16-18-32(20-29)27(33)25-13-7-15-26-24(25)14-8-17-31-26/h2-15,17H,16,18-20H2,1H3,(H,30,34)/t29-/m1/s1. The molecule has 0 spiro atoms. The van der Waals surface area contributed by atoms with Crippen LogP contribution in [-0.4, -0.2) is 41.8 Å². The number of aromatic nitrogens is 1. The van der Waals surface area contributed by atoms with E-state index in [1.54, 1.807) is 13.2 Å². The van der Waals surface area contributed by atoms with E-state index in [1.165, 1.54) is 0 Å². The minimum absolute atomic E-state index is 0.0229. The summed E-state index contributed by atoms with van der Waals surface area (Å²) in [5.41, 5.74) is 4.10. The van der Waals surface area contributed by atoms with Crippen molar-refractivity contribution in [2.24, 2.45) is 5.41 Å². The maximum absolute atomic E-state index is 13.6. The van der Waals surface area contributed by atoms with Crippen LogP contribution >= 0.6 is 0 Å². The Hall–Kier alpha value is -3.99. The quantitative estimate of drug-likeness (QED) is 0.479. The van der Waals surface area contributed by atoms with Crippen molar-refractivity contribution in [2.75, 3.05) is 20.1 Å². The molecule has 0 aliphatic carbocycles. The van der Waals surface area contributed by atoms with Crippen LogP contribution in [0.3, 0.4) is 0 Å². The van der Waals surface area contributed by atoms with Crippen molar-refractivity contribution in [3.63, 3.8) is 0 Å². The van der Waals surface area contributed by atoms with Crippen LogP contribution in [0.25, 0.3) is 22.0 Å². The van der Waals surface area contributed by atoms with Crippen LogP contribution in [-0.2, 0) is 11.2 Å². The number of carbonyl (C=O) groups is 2. The minimum atomic E-state index is -0.682. The topological polar surface area (TPSA) is 62.3 Å². The minimum Gasteiger partial charge on any atom is -0.359 e. The highest BCUT2D eigenvalue weighted by atomic mass is 16.2. The molecule has 34 heavy (non-hydrogen) atoms. The average molecular weight is 450 g/mol. The van der Waals surface area contributed by atoms with E-state index < -0.39 is 5.41 Å². The largest absolute Gasteiger partial charge is 0.359 e. The van der Waals surface area contributed by atoms with Crippen molar-refractivity contribution >= 4 is 22.7 Å². The van der Waals surface area contributed by atoms with Gasteiger partial charge >= 0.3 is 0 Å². The molecule has 1 N–H and O–H groups in total. The van der Waals surface area contributed by atoms with Crippen LogP contribution in [0.2, 0.25) is 0 Å². The third kappa shape index (κ3) is 3.94. The first-order valence-electron chi connectivity index (χ1n) is 11.6. The Kier molecular flexibility index (Phi) is 5.84. The van der Waals surface area contributed by atoms with Gasteiger partial charge in [0.15, 0.2) is 0 Å². The third-order valence-corrected chi connectivity index (χ3v) is 6.86. The van der Waals surface area contributed by atoms with E-state index in [2.05, 4.69) is 34.6 Å². The lowest BCUT2D eigenvalue weighted by Crippen LogP contribution is -2.44. The van der Waals surface area contributed by atoms with Gasteiger partial charge in [-0.1, -0.05) is 66.7 Å². The number of amides is 2. The van der Waals surface area contributed by atoms with Crippen molar-refractivity contribution in [2.45, 2.75) is 12.8 Å². The summed E-state index contributed by atoms with van der Waals surface area (Å²) in [5.74, 6) is -0.0778. The predicted octanol–water partition coefficient (Wildman–Crippen LogP) is 4.72. The highest BCUT2D eigenvalue weighted by molar-refractivity contribution is 6.06. The van der Waals surface area contributed by atoms with Gasteiger partial charge < -0.3 is 10.2 Å². The number of benzene rings is 3. The second kappa shape index (κ2) is 9.10. The van der Waals surface area contributed by atoms with Crippen LogP contribution in [0.5, 0.6) is 0 Å². The monoisotopic (exact) mass is 449 g/mol. The summed E-state index contributed by atoms with van der Waals surface area (Å²) in [7, 11) is 1.67. The Balaban J connectivity index is 1.47. The highest BCUT2D eigenvalue weighted by Crippen LogP contribution is 2.38. The molecule has 0 radical (unpaired) electrons. The van der Waals surface area contributed by atoms with Gasteiger partial charge in [-0.25, -0.2) is 0 Å². The van der Waals surface area contributed by atoms with Crippen LogP contribution in [0, 0.1) is 5.41 Å². The van der Waals surface area contributed by atoms with E-state index in [-0.39, 0.29) is 11.8 Å². The fourth-order valence-electron chi connectivity index (χ4n) is 5.12. The van der Waals surface area contributed by atoms with Crippen molar-refractivity contribution < 1.29 is 9.59 Å². The molecule has 2 heterocycles. The number of fused-ring (bicyclic) bond motifs is 1. The summed E-state index contributed by atoms with van der Waals surface area (Å²) < 4.78 is 0. The third-order valence-electron chi connectivity index (χ3n) is 6.86. The van der Waals surface area contributed by atoms with E-state index in [1.807, 2.05) is 65.6 Å². The van der Waals surface area contributed by atoms with Crippen molar-refractivity contribution in [3.8, 4) is 11.1 Å². The number of rotatable bonds is 5. The number of nitrogens with one attached hydrogen (secondary N) is 1. The summed E-state index contributed by atoms with van der Waals surface area (Å²) in [6.45, 7) is 0.918. The van der Waals surface area contributed by atoms with Crippen LogP contribution < -0.4 is 5.32 Å². The lowest BCUT2D eigenvalue weighted by Gasteiger charge is -2.29. The molecule has 5 heteroatoms. The molecule has 170 valence electrons. The normalized spacial score (nSPS) is 17.6. The molecule has 0 bridgehead atoms. The maximum atomic E-state index is 13.6. The second-order valence-corrected chi connectivity index (χ2v) is 8.91. The van der Waals surface area contributed by atoms with E-state index in [0.717, 1.165) is 27.6 Å². The lowest BCUT2D eigenvalue weighted by molar-refractivity contribution is -0.129. The summed E-state index contributed by atoms with van der Waals surface area (Å²) in [4.78, 5) is 33.0. The number of likely N-dealkylation sites (tertiary alicyclic amines) is 1. The van der Waals surface area contributed by atoms with Crippen molar-refractivity contribution in [1.29, 1.82) is 0 Å². The van der Waals surface area contributed by atoms with Crippen molar-refractivity contribution in [1.82, 2.24) is 15.2 Å². The smallest absolute Gasteiger partial charge is 0.254 e. The van der Waals surface area contributed by atoms with Gasteiger partial charge in [0.1, 0.15) is 0 Å².